The molecule has 0 spiro atoms. The van der Waals surface area contributed by atoms with Gasteiger partial charge in [-0.25, -0.2) is 0 Å². The largest absolute Gasteiger partial charge is 0.345 e. The Labute approximate surface area is 108 Å². The summed E-state index contributed by atoms with van der Waals surface area (Å²) in [5, 5.41) is 0. The van der Waals surface area contributed by atoms with Crippen LogP contribution in [0.2, 0.25) is 0 Å². The summed E-state index contributed by atoms with van der Waals surface area (Å²) in [7, 11) is 1.95. The molecule has 0 atom stereocenters. The molecule has 0 aliphatic rings. The van der Waals surface area contributed by atoms with Crippen molar-refractivity contribution in [1.29, 1.82) is 0 Å². The Morgan fingerprint density at radius 2 is 1.78 bits per heavy atom. The number of aromatic nitrogens is 1. The van der Waals surface area contributed by atoms with Gasteiger partial charge in [-0.2, -0.15) is 0 Å². The zero-order valence-electron chi connectivity index (χ0n) is 11.4. The highest BCUT2D eigenvalue weighted by Gasteiger charge is 2.14. The molecule has 2 aromatic rings. The average molecular weight is 241 g/mol. The van der Waals surface area contributed by atoms with Gasteiger partial charge in [0.1, 0.15) is 0 Å². The van der Waals surface area contributed by atoms with Crippen LogP contribution >= 0.6 is 0 Å². The number of aryl methyl sites for hydroxylation is 1. The second-order valence-corrected chi connectivity index (χ2v) is 4.73. The van der Waals surface area contributed by atoms with E-state index in [-0.39, 0.29) is 5.78 Å². The van der Waals surface area contributed by atoms with E-state index >= 15 is 0 Å². The standard InChI is InChI=1S/C16H19NO/c1-5-16(18)15-10-14(12(3)17(15)4)13-8-6-11(2)7-9-13/h6-10H,5H2,1-4H3. The average Bonchev–Trinajstić information content (AvgIpc) is 2.67. The van der Waals surface area contributed by atoms with Gasteiger partial charge in [0.2, 0.25) is 0 Å². The highest BCUT2D eigenvalue weighted by Crippen LogP contribution is 2.27. The van der Waals surface area contributed by atoms with Crippen molar-refractivity contribution < 1.29 is 4.79 Å². The number of benzene rings is 1. The topological polar surface area (TPSA) is 22.0 Å². The van der Waals surface area contributed by atoms with Gasteiger partial charge in [-0.15, -0.1) is 0 Å². The van der Waals surface area contributed by atoms with E-state index < -0.39 is 0 Å². The molecule has 2 nitrogen and oxygen atoms in total. The maximum atomic E-state index is 11.9. The van der Waals surface area contributed by atoms with E-state index in [1.165, 1.54) is 11.1 Å². The molecule has 1 aromatic carbocycles. The van der Waals surface area contributed by atoms with E-state index in [1.807, 2.05) is 24.6 Å². The summed E-state index contributed by atoms with van der Waals surface area (Å²) in [4.78, 5) is 11.9. The number of ketones is 1. The van der Waals surface area contributed by atoms with Gasteiger partial charge >= 0.3 is 0 Å². The van der Waals surface area contributed by atoms with Gasteiger partial charge in [-0.05, 0) is 25.5 Å². The fourth-order valence-corrected chi connectivity index (χ4v) is 2.17. The van der Waals surface area contributed by atoms with Crippen molar-refractivity contribution >= 4 is 5.78 Å². The number of carbonyl (C=O) groups excluding carboxylic acids is 1. The molecule has 1 heterocycles. The Bertz CT molecular complexity index is 576. The van der Waals surface area contributed by atoms with Crippen LogP contribution in [-0.4, -0.2) is 10.4 Å². The van der Waals surface area contributed by atoms with Gasteiger partial charge in [0.15, 0.2) is 5.78 Å². The van der Waals surface area contributed by atoms with Crippen LogP contribution in [0.25, 0.3) is 11.1 Å². The van der Waals surface area contributed by atoms with Crippen molar-refractivity contribution in [2.75, 3.05) is 0 Å². The monoisotopic (exact) mass is 241 g/mol. The first kappa shape index (κ1) is 12.6. The number of rotatable bonds is 3. The van der Waals surface area contributed by atoms with Gasteiger partial charge in [0.25, 0.3) is 0 Å². The second-order valence-electron chi connectivity index (χ2n) is 4.73. The van der Waals surface area contributed by atoms with Gasteiger partial charge in [0.05, 0.1) is 5.69 Å². The maximum absolute atomic E-state index is 11.9. The molecule has 0 bridgehead atoms. The lowest BCUT2D eigenvalue weighted by atomic mass is 10.0. The molecule has 0 aliphatic heterocycles. The fourth-order valence-electron chi connectivity index (χ4n) is 2.17. The minimum Gasteiger partial charge on any atom is -0.345 e. The third kappa shape index (κ3) is 2.10. The summed E-state index contributed by atoms with van der Waals surface area (Å²) < 4.78 is 1.99. The number of Topliss-reactive ketones (excluding diaryl/α,β-unsaturated/α-hetero) is 1. The van der Waals surface area contributed by atoms with Crippen LogP contribution < -0.4 is 0 Å². The molecule has 0 aliphatic carbocycles. The molecule has 2 rings (SSSR count). The molecule has 1 aromatic heterocycles. The number of hydrogen-bond donors (Lipinski definition) is 0. The van der Waals surface area contributed by atoms with Crippen LogP contribution in [0.5, 0.6) is 0 Å². The fraction of sp³-hybridized carbons (Fsp3) is 0.312. The molecule has 0 unspecified atom stereocenters. The van der Waals surface area contributed by atoms with Crippen LogP contribution in [0, 0.1) is 13.8 Å². The van der Waals surface area contributed by atoms with Crippen LogP contribution in [0.1, 0.15) is 35.1 Å². The molecular formula is C16H19NO. The third-order valence-corrected chi connectivity index (χ3v) is 3.50. The molecule has 0 fully saturated rings. The minimum absolute atomic E-state index is 0.193. The lowest BCUT2D eigenvalue weighted by Gasteiger charge is -2.04. The van der Waals surface area contributed by atoms with Crippen LogP contribution in [0.4, 0.5) is 0 Å². The van der Waals surface area contributed by atoms with Crippen LogP contribution in [-0.2, 0) is 7.05 Å². The summed E-state index contributed by atoms with van der Waals surface area (Å²) in [5.74, 6) is 0.193. The molecular weight excluding hydrogens is 222 g/mol. The molecule has 94 valence electrons. The first-order valence-corrected chi connectivity index (χ1v) is 6.31. The Hall–Kier alpha value is -1.83. The van der Waals surface area contributed by atoms with Gasteiger partial charge < -0.3 is 4.57 Å². The van der Waals surface area contributed by atoms with E-state index in [4.69, 9.17) is 0 Å². The highest BCUT2D eigenvalue weighted by atomic mass is 16.1. The smallest absolute Gasteiger partial charge is 0.178 e. The lowest BCUT2D eigenvalue weighted by Crippen LogP contribution is -2.04. The zero-order chi connectivity index (χ0) is 13.3. The molecule has 0 amide bonds. The van der Waals surface area contributed by atoms with Crippen LogP contribution in [0.15, 0.2) is 30.3 Å². The summed E-state index contributed by atoms with van der Waals surface area (Å²) in [6.07, 6.45) is 0.546. The molecule has 18 heavy (non-hydrogen) atoms. The molecule has 0 saturated carbocycles. The third-order valence-electron chi connectivity index (χ3n) is 3.50. The van der Waals surface area contributed by atoms with Crippen molar-refractivity contribution in [3.63, 3.8) is 0 Å². The van der Waals surface area contributed by atoms with E-state index in [9.17, 15) is 4.79 Å². The van der Waals surface area contributed by atoms with Crippen molar-refractivity contribution in [3.05, 3.63) is 47.3 Å². The molecule has 0 radical (unpaired) electrons. The van der Waals surface area contributed by atoms with E-state index in [2.05, 4.69) is 38.1 Å². The Morgan fingerprint density at radius 3 is 2.33 bits per heavy atom. The summed E-state index contributed by atoms with van der Waals surface area (Å²) in [6, 6.07) is 10.4. The first-order chi connectivity index (χ1) is 8.54. The zero-order valence-corrected chi connectivity index (χ0v) is 11.4. The quantitative estimate of drug-likeness (QED) is 0.747. The van der Waals surface area contributed by atoms with Gasteiger partial charge in [0, 0.05) is 24.7 Å². The SMILES string of the molecule is CCC(=O)c1cc(-c2ccc(C)cc2)c(C)n1C. The highest BCUT2D eigenvalue weighted by molar-refractivity contribution is 5.96. The minimum atomic E-state index is 0.193. The Kier molecular flexibility index (Phi) is 3.37. The molecule has 0 N–H and O–H groups in total. The van der Waals surface area contributed by atoms with Crippen molar-refractivity contribution in [3.8, 4) is 11.1 Å². The maximum Gasteiger partial charge on any atom is 0.178 e. The summed E-state index contributed by atoms with van der Waals surface area (Å²) in [6.45, 7) is 6.03. The summed E-state index contributed by atoms with van der Waals surface area (Å²) in [5.41, 5.74) is 5.50. The normalized spacial score (nSPS) is 10.7. The molecule has 0 saturated heterocycles. The van der Waals surface area contributed by atoms with Gasteiger partial charge in [-0.3, -0.25) is 4.79 Å². The van der Waals surface area contributed by atoms with Crippen LogP contribution in [0.3, 0.4) is 0 Å². The van der Waals surface area contributed by atoms with E-state index in [0.717, 1.165) is 17.0 Å². The predicted molar refractivity (Wildman–Crippen MR) is 74.9 cm³/mol. The number of hydrogen-bond acceptors (Lipinski definition) is 1. The van der Waals surface area contributed by atoms with E-state index in [0.29, 0.717) is 6.42 Å². The second kappa shape index (κ2) is 4.81. The first-order valence-electron chi connectivity index (χ1n) is 6.31. The van der Waals surface area contributed by atoms with Crippen molar-refractivity contribution in [1.82, 2.24) is 4.57 Å². The van der Waals surface area contributed by atoms with E-state index in [1.54, 1.807) is 0 Å². The Morgan fingerprint density at radius 1 is 1.17 bits per heavy atom. The van der Waals surface area contributed by atoms with Crippen molar-refractivity contribution in [2.45, 2.75) is 27.2 Å². The van der Waals surface area contributed by atoms with Crippen molar-refractivity contribution in [2.24, 2.45) is 7.05 Å². The Balaban J connectivity index is 2.52. The summed E-state index contributed by atoms with van der Waals surface area (Å²) >= 11 is 0. The lowest BCUT2D eigenvalue weighted by molar-refractivity contribution is 0.0980. The van der Waals surface area contributed by atoms with Gasteiger partial charge in [-0.1, -0.05) is 36.8 Å². The number of nitrogens with zero attached hydrogens (tertiary/aromatic N) is 1. The molecule has 2 heteroatoms. The number of carbonyl (C=O) groups is 1. The predicted octanol–water partition coefficient (Wildman–Crippen LogP) is 3.90.